The van der Waals surface area contributed by atoms with Crippen LogP contribution in [0.1, 0.15) is 33.1 Å². The molecule has 0 aromatic rings. The van der Waals surface area contributed by atoms with E-state index in [0.29, 0.717) is 18.6 Å². The van der Waals surface area contributed by atoms with Gasteiger partial charge in [0, 0.05) is 19.0 Å². The Morgan fingerprint density at radius 3 is 2.36 bits per heavy atom. The second-order valence-electron chi connectivity index (χ2n) is 4.05. The average molecular weight is 267 g/mol. The molecular weight excluding hydrogens is 244 g/mol. The molecule has 0 aromatic carbocycles. The zero-order chi connectivity index (χ0) is 10.9. The first-order valence-corrected chi connectivity index (χ1v) is 6.43. The van der Waals surface area contributed by atoms with Crippen molar-refractivity contribution < 1.29 is 9.47 Å². The molecule has 0 aliphatic heterocycles. The van der Waals surface area contributed by atoms with Crippen molar-refractivity contribution in [3.63, 3.8) is 0 Å². The zero-order valence-corrected chi connectivity index (χ0v) is 11.2. The monoisotopic (exact) mass is 266 g/mol. The van der Waals surface area contributed by atoms with Gasteiger partial charge in [-0.1, -0.05) is 36.2 Å². The second-order valence-corrected chi connectivity index (χ2v) is 4.61. The van der Waals surface area contributed by atoms with Gasteiger partial charge in [-0.15, -0.1) is 0 Å². The lowest BCUT2D eigenvalue weighted by atomic mass is 9.85. The lowest BCUT2D eigenvalue weighted by Crippen LogP contribution is -2.21. The predicted molar refractivity (Wildman–Crippen MR) is 64.1 cm³/mol. The summed E-state index contributed by atoms with van der Waals surface area (Å²) in [5, 5.41) is 1.06. The number of hydrogen-bond donors (Lipinski definition) is 0. The maximum atomic E-state index is 5.47. The van der Waals surface area contributed by atoms with E-state index < -0.39 is 0 Å². The van der Waals surface area contributed by atoms with E-state index in [-0.39, 0.29) is 0 Å². The fraction of sp³-hybridized carbons (Fsp3) is 1.00. The average Bonchev–Trinajstić information content (AvgIpc) is 2.18. The molecule has 0 bridgehead atoms. The molecular formula is C11H23BrO2. The third-order valence-electron chi connectivity index (χ3n) is 2.46. The van der Waals surface area contributed by atoms with Gasteiger partial charge in [-0.2, -0.15) is 0 Å². The highest BCUT2D eigenvalue weighted by Gasteiger charge is 2.21. The van der Waals surface area contributed by atoms with Crippen molar-refractivity contribution in [1.82, 2.24) is 0 Å². The quantitative estimate of drug-likeness (QED) is 0.471. The first kappa shape index (κ1) is 14.4. The maximum absolute atomic E-state index is 5.47. The van der Waals surface area contributed by atoms with Crippen LogP contribution in [0, 0.1) is 5.41 Å². The molecule has 0 saturated carbocycles. The Hall–Kier alpha value is 0.400. The molecule has 1 unspecified atom stereocenters. The number of hydrogen-bond acceptors (Lipinski definition) is 2. The van der Waals surface area contributed by atoms with E-state index in [4.69, 9.17) is 9.47 Å². The van der Waals surface area contributed by atoms with Gasteiger partial charge in [0.1, 0.15) is 0 Å². The summed E-state index contributed by atoms with van der Waals surface area (Å²) in [7, 11) is 1.70. The zero-order valence-electron chi connectivity index (χ0n) is 9.64. The highest BCUT2D eigenvalue weighted by molar-refractivity contribution is 9.09. The van der Waals surface area contributed by atoms with E-state index in [9.17, 15) is 0 Å². The number of ether oxygens (including phenoxy) is 2. The Labute approximate surface area is 96.5 Å². The largest absolute Gasteiger partial charge is 0.382 e. The fourth-order valence-electron chi connectivity index (χ4n) is 1.43. The number of methoxy groups -OCH3 is 1. The molecule has 0 fully saturated rings. The summed E-state index contributed by atoms with van der Waals surface area (Å²) in [5.41, 5.74) is 0.391. The van der Waals surface area contributed by atoms with E-state index in [1.54, 1.807) is 7.11 Å². The molecule has 0 radical (unpaired) electrons. The van der Waals surface area contributed by atoms with Crippen LogP contribution in [-0.2, 0) is 9.47 Å². The van der Waals surface area contributed by atoms with Crippen molar-refractivity contribution in [1.29, 1.82) is 0 Å². The lowest BCUT2D eigenvalue weighted by Gasteiger charge is -2.26. The first-order chi connectivity index (χ1) is 6.68. The van der Waals surface area contributed by atoms with Gasteiger partial charge in [0.25, 0.3) is 0 Å². The van der Waals surface area contributed by atoms with E-state index in [1.807, 2.05) is 0 Å². The SMILES string of the molecule is CCCC(C)(CBr)CCOCCOC. The summed E-state index contributed by atoms with van der Waals surface area (Å²) in [6.45, 7) is 6.78. The van der Waals surface area contributed by atoms with Crippen molar-refractivity contribution in [2.45, 2.75) is 33.1 Å². The maximum Gasteiger partial charge on any atom is 0.0700 e. The minimum absolute atomic E-state index is 0.391. The standard InChI is InChI=1S/C11H23BrO2/c1-4-5-11(2,10-12)6-7-14-9-8-13-3/h4-10H2,1-3H3. The molecule has 0 saturated heterocycles. The molecule has 0 rings (SSSR count). The Morgan fingerprint density at radius 1 is 1.14 bits per heavy atom. The normalized spacial score (nSPS) is 15.4. The smallest absolute Gasteiger partial charge is 0.0700 e. The Balaban J connectivity index is 3.51. The molecule has 14 heavy (non-hydrogen) atoms. The molecule has 0 aliphatic rings. The Morgan fingerprint density at radius 2 is 1.86 bits per heavy atom. The van der Waals surface area contributed by atoms with Crippen LogP contribution >= 0.6 is 15.9 Å². The van der Waals surface area contributed by atoms with Crippen molar-refractivity contribution in [3.05, 3.63) is 0 Å². The van der Waals surface area contributed by atoms with Gasteiger partial charge in [-0.05, 0) is 18.3 Å². The van der Waals surface area contributed by atoms with Crippen molar-refractivity contribution in [2.24, 2.45) is 5.41 Å². The van der Waals surface area contributed by atoms with Gasteiger partial charge in [-0.3, -0.25) is 0 Å². The Kier molecular flexibility index (Phi) is 8.94. The van der Waals surface area contributed by atoms with Gasteiger partial charge < -0.3 is 9.47 Å². The molecule has 86 valence electrons. The summed E-state index contributed by atoms with van der Waals surface area (Å²) in [5.74, 6) is 0. The van der Waals surface area contributed by atoms with E-state index in [0.717, 1.165) is 18.4 Å². The van der Waals surface area contributed by atoms with Gasteiger partial charge in [-0.25, -0.2) is 0 Å². The van der Waals surface area contributed by atoms with Crippen LogP contribution in [0.3, 0.4) is 0 Å². The summed E-state index contributed by atoms with van der Waals surface area (Å²) in [4.78, 5) is 0. The topological polar surface area (TPSA) is 18.5 Å². The molecule has 0 aromatic heterocycles. The highest BCUT2D eigenvalue weighted by atomic mass is 79.9. The predicted octanol–water partition coefficient (Wildman–Crippen LogP) is 3.24. The van der Waals surface area contributed by atoms with Crippen LogP contribution in [0.15, 0.2) is 0 Å². The Bertz CT molecular complexity index is 130. The van der Waals surface area contributed by atoms with Gasteiger partial charge >= 0.3 is 0 Å². The molecule has 0 amide bonds. The molecule has 0 aliphatic carbocycles. The van der Waals surface area contributed by atoms with E-state index in [1.165, 1.54) is 12.8 Å². The number of rotatable bonds is 9. The van der Waals surface area contributed by atoms with Crippen LogP contribution in [0.4, 0.5) is 0 Å². The van der Waals surface area contributed by atoms with Crippen molar-refractivity contribution in [2.75, 3.05) is 32.3 Å². The minimum Gasteiger partial charge on any atom is -0.382 e. The van der Waals surface area contributed by atoms with Crippen LogP contribution in [-0.4, -0.2) is 32.3 Å². The van der Waals surface area contributed by atoms with Gasteiger partial charge in [0.15, 0.2) is 0 Å². The molecule has 0 spiro atoms. The second kappa shape index (κ2) is 8.69. The number of alkyl halides is 1. The van der Waals surface area contributed by atoms with Crippen LogP contribution in [0.25, 0.3) is 0 Å². The molecule has 1 atom stereocenters. The molecule has 0 heterocycles. The lowest BCUT2D eigenvalue weighted by molar-refractivity contribution is 0.0554. The molecule has 2 nitrogen and oxygen atoms in total. The minimum atomic E-state index is 0.391. The third kappa shape index (κ3) is 6.80. The van der Waals surface area contributed by atoms with Crippen LogP contribution in [0.5, 0.6) is 0 Å². The van der Waals surface area contributed by atoms with E-state index in [2.05, 4.69) is 29.8 Å². The van der Waals surface area contributed by atoms with Crippen LogP contribution in [0.2, 0.25) is 0 Å². The van der Waals surface area contributed by atoms with Crippen molar-refractivity contribution >= 4 is 15.9 Å². The summed E-state index contributed by atoms with van der Waals surface area (Å²) >= 11 is 3.58. The van der Waals surface area contributed by atoms with Crippen LogP contribution < -0.4 is 0 Å². The first-order valence-electron chi connectivity index (χ1n) is 5.31. The fourth-order valence-corrected chi connectivity index (χ4v) is 1.99. The van der Waals surface area contributed by atoms with Gasteiger partial charge in [0.2, 0.25) is 0 Å². The molecule has 3 heteroatoms. The summed E-state index contributed by atoms with van der Waals surface area (Å²) in [6.07, 6.45) is 3.61. The van der Waals surface area contributed by atoms with Crippen molar-refractivity contribution in [3.8, 4) is 0 Å². The number of halogens is 1. The highest BCUT2D eigenvalue weighted by Crippen LogP contribution is 2.29. The summed E-state index contributed by atoms with van der Waals surface area (Å²) in [6, 6.07) is 0. The third-order valence-corrected chi connectivity index (χ3v) is 3.81. The summed E-state index contributed by atoms with van der Waals surface area (Å²) < 4.78 is 10.4. The van der Waals surface area contributed by atoms with E-state index >= 15 is 0 Å². The van der Waals surface area contributed by atoms with Gasteiger partial charge in [0.05, 0.1) is 13.2 Å². The molecule has 0 N–H and O–H groups in total.